The summed E-state index contributed by atoms with van der Waals surface area (Å²) in [5, 5.41) is 5.01. The van der Waals surface area contributed by atoms with Crippen LogP contribution in [0.4, 0.5) is 0 Å². The van der Waals surface area contributed by atoms with Crippen LogP contribution in [0.2, 0.25) is 0 Å². The summed E-state index contributed by atoms with van der Waals surface area (Å²) in [6.45, 7) is 3.16. The number of hydrogen-bond acceptors (Lipinski definition) is 5. The molecule has 1 N–H and O–H groups in total. The standard InChI is InChI=1S/C16H24N2O3S/c1-20-9-7-17-16(19)15-5-4-13-14(21-15)6-8-18(13)11-12-3-2-10-22-12/h2-3,10,13-15H,4-9,11H2,1H3,(H,17,19)/t13-,14-,15-/m0/s1. The lowest BCUT2D eigenvalue weighted by molar-refractivity contribution is -0.144. The third-order valence-corrected chi connectivity index (χ3v) is 5.36. The van der Waals surface area contributed by atoms with Gasteiger partial charge in [0.15, 0.2) is 0 Å². The number of nitrogens with one attached hydrogen (secondary N) is 1. The van der Waals surface area contributed by atoms with Gasteiger partial charge in [-0.2, -0.15) is 0 Å². The van der Waals surface area contributed by atoms with Crippen molar-refractivity contribution in [3.8, 4) is 0 Å². The van der Waals surface area contributed by atoms with Crippen molar-refractivity contribution >= 4 is 17.2 Å². The molecule has 6 heteroatoms. The zero-order valence-electron chi connectivity index (χ0n) is 13.0. The van der Waals surface area contributed by atoms with Crippen molar-refractivity contribution in [1.82, 2.24) is 10.2 Å². The molecule has 1 amide bonds. The second-order valence-corrected chi connectivity index (χ2v) is 6.96. The number of ether oxygens (including phenoxy) is 2. The summed E-state index contributed by atoms with van der Waals surface area (Å²) >= 11 is 1.81. The molecule has 0 spiro atoms. The van der Waals surface area contributed by atoms with E-state index in [1.54, 1.807) is 7.11 Å². The van der Waals surface area contributed by atoms with Gasteiger partial charge in [-0.25, -0.2) is 0 Å². The van der Waals surface area contributed by atoms with Gasteiger partial charge in [-0.3, -0.25) is 9.69 Å². The van der Waals surface area contributed by atoms with Gasteiger partial charge in [-0.15, -0.1) is 11.3 Å². The molecule has 2 fully saturated rings. The van der Waals surface area contributed by atoms with Gasteiger partial charge in [-0.1, -0.05) is 6.07 Å². The van der Waals surface area contributed by atoms with Crippen molar-refractivity contribution in [3.05, 3.63) is 22.4 Å². The zero-order valence-corrected chi connectivity index (χ0v) is 13.8. The number of carbonyl (C=O) groups is 1. The van der Waals surface area contributed by atoms with Gasteiger partial charge in [-0.05, 0) is 30.7 Å². The molecule has 0 aromatic carbocycles. The Kier molecular flexibility index (Phi) is 5.46. The number of likely N-dealkylation sites (tertiary alicyclic amines) is 1. The maximum atomic E-state index is 12.1. The van der Waals surface area contributed by atoms with E-state index in [9.17, 15) is 4.79 Å². The fourth-order valence-corrected chi connectivity index (χ4v) is 4.13. The highest BCUT2D eigenvalue weighted by molar-refractivity contribution is 7.09. The maximum absolute atomic E-state index is 12.1. The van der Waals surface area contributed by atoms with E-state index in [0.717, 1.165) is 32.4 Å². The number of fused-ring (bicyclic) bond motifs is 1. The number of amides is 1. The SMILES string of the molecule is COCCNC(=O)[C@@H]1CC[C@H]2[C@H](CCN2Cc2cccs2)O1. The van der Waals surface area contributed by atoms with Gasteiger partial charge < -0.3 is 14.8 Å². The van der Waals surface area contributed by atoms with E-state index in [4.69, 9.17) is 9.47 Å². The number of hydrogen-bond donors (Lipinski definition) is 1. The Labute approximate surface area is 135 Å². The molecule has 122 valence electrons. The van der Waals surface area contributed by atoms with Crippen LogP contribution in [0.5, 0.6) is 0 Å². The molecule has 3 heterocycles. The van der Waals surface area contributed by atoms with Crippen molar-refractivity contribution in [2.75, 3.05) is 26.8 Å². The summed E-state index contributed by atoms with van der Waals surface area (Å²) in [7, 11) is 1.63. The first-order chi connectivity index (χ1) is 10.8. The smallest absolute Gasteiger partial charge is 0.249 e. The highest BCUT2D eigenvalue weighted by Gasteiger charge is 2.41. The lowest BCUT2D eigenvalue weighted by Crippen LogP contribution is -2.48. The van der Waals surface area contributed by atoms with Crippen LogP contribution in [-0.4, -0.2) is 55.9 Å². The highest BCUT2D eigenvalue weighted by atomic mass is 32.1. The minimum atomic E-state index is -0.292. The Morgan fingerprint density at radius 2 is 2.41 bits per heavy atom. The van der Waals surface area contributed by atoms with E-state index in [1.807, 2.05) is 11.3 Å². The summed E-state index contributed by atoms with van der Waals surface area (Å²) in [6, 6.07) is 4.75. The lowest BCUT2D eigenvalue weighted by Gasteiger charge is -2.35. The van der Waals surface area contributed by atoms with E-state index in [-0.39, 0.29) is 18.1 Å². The van der Waals surface area contributed by atoms with Gasteiger partial charge in [0, 0.05) is 37.7 Å². The molecule has 2 saturated heterocycles. The van der Waals surface area contributed by atoms with Gasteiger partial charge in [0.25, 0.3) is 0 Å². The molecule has 3 rings (SSSR count). The van der Waals surface area contributed by atoms with Crippen LogP contribution in [0, 0.1) is 0 Å². The minimum Gasteiger partial charge on any atom is -0.383 e. The summed E-state index contributed by atoms with van der Waals surface area (Å²) in [5.41, 5.74) is 0. The Morgan fingerprint density at radius 3 is 3.18 bits per heavy atom. The number of methoxy groups -OCH3 is 1. The fourth-order valence-electron chi connectivity index (χ4n) is 3.40. The average molecular weight is 324 g/mol. The predicted octanol–water partition coefficient (Wildman–Crippen LogP) is 1.63. The summed E-state index contributed by atoms with van der Waals surface area (Å²) in [6.07, 6.45) is 2.78. The predicted molar refractivity (Wildman–Crippen MR) is 85.9 cm³/mol. The number of rotatable bonds is 6. The fraction of sp³-hybridized carbons (Fsp3) is 0.688. The Balaban J connectivity index is 1.49. The van der Waals surface area contributed by atoms with Gasteiger partial charge in [0.1, 0.15) is 6.10 Å². The third-order valence-electron chi connectivity index (χ3n) is 4.50. The second-order valence-electron chi connectivity index (χ2n) is 5.93. The first kappa shape index (κ1) is 15.9. The molecule has 0 unspecified atom stereocenters. The number of carbonyl (C=O) groups excluding carboxylic acids is 1. The van der Waals surface area contributed by atoms with Crippen molar-refractivity contribution < 1.29 is 14.3 Å². The van der Waals surface area contributed by atoms with Crippen molar-refractivity contribution in [2.24, 2.45) is 0 Å². The van der Waals surface area contributed by atoms with Crippen LogP contribution in [-0.2, 0) is 20.8 Å². The monoisotopic (exact) mass is 324 g/mol. The van der Waals surface area contributed by atoms with E-state index in [0.29, 0.717) is 19.2 Å². The number of thiophene rings is 1. The second kappa shape index (κ2) is 7.55. The maximum Gasteiger partial charge on any atom is 0.249 e. The Bertz CT molecular complexity index is 480. The van der Waals surface area contributed by atoms with E-state index in [1.165, 1.54) is 4.88 Å². The third kappa shape index (κ3) is 3.68. The van der Waals surface area contributed by atoms with Crippen LogP contribution in [0.25, 0.3) is 0 Å². The van der Waals surface area contributed by atoms with Crippen LogP contribution < -0.4 is 5.32 Å². The largest absolute Gasteiger partial charge is 0.383 e. The normalized spacial score (nSPS) is 28.5. The Hall–Kier alpha value is -0.950. The van der Waals surface area contributed by atoms with Gasteiger partial charge in [0.05, 0.1) is 12.7 Å². The molecule has 1 aromatic heterocycles. The lowest BCUT2D eigenvalue weighted by atomic mass is 9.98. The molecule has 2 aliphatic heterocycles. The first-order valence-electron chi connectivity index (χ1n) is 7.96. The molecule has 0 bridgehead atoms. The molecule has 0 radical (unpaired) electrons. The zero-order chi connectivity index (χ0) is 15.4. The van der Waals surface area contributed by atoms with E-state index < -0.39 is 0 Å². The minimum absolute atomic E-state index is 0.00667. The molecule has 1 aromatic rings. The highest BCUT2D eigenvalue weighted by Crippen LogP contribution is 2.33. The molecular weight excluding hydrogens is 300 g/mol. The summed E-state index contributed by atoms with van der Waals surface area (Å²) in [4.78, 5) is 16.0. The number of nitrogens with zero attached hydrogens (tertiary/aromatic N) is 1. The van der Waals surface area contributed by atoms with Gasteiger partial charge in [0.2, 0.25) is 5.91 Å². The van der Waals surface area contributed by atoms with Crippen LogP contribution in [0.3, 0.4) is 0 Å². The summed E-state index contributed by atoms with van der Waals surface area (Å²) < 4.78 is 11.0. The molecule has 5 nitrogen and oxygen atoms in total. The topological polar surface area (TPSA) is 50.8 Å². The van der Waals surface area contributed by atoms with Crippen LogP contribution in [0.1, 0.15) is 24.1 Å². The van der Waals surface area contributed by atoms with Gasteiger partial charge >= 0.3 is 0 Å². The molecule has 3 atom stereocenters. The first-order valence-corrected chi connectivity index (χ1v) is 8.84. The average Bonchev–Trinajstić information content (AvgIpc) is 3.18. The van der Waals surface area contributed by atoms with Crippen LogP contribution in [0.15, 0.2) is 17.5 Å². The molecular formula is C16H24N2O3S. The summed E-state index contributed by atoms with van der Waals surface area (Å²) in [5.74, 6) is 0.00667. The van der Waals surface area contributed by atoms with E-state index >= 15 is 0 Å². The van der Waals surface area contributed by atoms with Crippen molar-refractivity contribution in [3.63, 3.8) is 0 Å². The van der Waals surface area contributed by atoms with Crippen molar-refractivity contribution in [1.29, 1.82) is 0 Å². The molecule has 2 aliphatic rings. The van der Waals surface area contributed by atoms with Crippen LogP contribution >= 0.6 is 11.3 Å². The van der Waals surface area contributed by atoms with Crippen molar-refractivity contribution in [2.45, 2.75) is 44.1 Å². The molecule has 0 saturated carbocycles. The molecule has 22 heavy (non-hydrogen) atoms. The Morgan fingerprint density at radius 1 is 1.50 bits per heavy atom. The van der Waals surface area contributed by atoms with E-state index in [2.05, 4.69) is 27.7 Å². The molecule has 0 aliphatic carbocycles. The quantitative estimate of drug-likeness (QED) is 0.808.